The smallest absolute Gasteiger partial charge is 0.207 e. The zero-order valence-electron chi connectivity index (χ0n) is 9.67. The van der Waals surface area contributed by atoms with Crippen molar-refractivity contribution in [2.24, 2.45) is 10.7 Å². The lowest BCUT2D eigenvalue weighted by Crippen LogP contribution is -2.26. The fourth-order valence-corrected chi connectivity index (χ4v) is 1.61. The van der Waals surface area contributed by atoms with E-state index in [1.54, 1.807) is 6.19 Å². The Bertz CT molecular complexity index is 597. The Morgan fingerprint density at radius 1 is 1.06 bits per heavy atom. The van der Waals surface area contributed by atoms with E-state index in [1.807, 2.05) is 54.6 Å². The Kier molecular flexibility index (Phi) is 3.57. The van der Waals surface area contributed by atoms with Crippen molar-refractivity contribution in [2.45, 2.75) is 0 Å². The van der Waals surface area contributed by atoms with E-state index >= 15 is 0 Å². The number of nitrogens with zero attached hydrogens (tertiary/aromatic N) is 2. The molecule has 0 atom stereocenters. The SMILES string of the molecule is N#CNC(N)=Nc1cccc(-c2ccccc2)c1. The van der Waals surface area contributed by atoms with Gasteiger partial charge in [-0.1, -0.05) is 42.5 Å². The van der Waals surface area contributed by atoms with Crippen molar-refractivity contribution < 1.29 is 0 Å². The second kappa shape index (κ2) is 5.51. The van der Waals surface area contributed by atoms with Crippen LogP contribution < -0.4 is 11.1 Å². The fourth-order valence-electron chi connectivity index (χ4n) is 1.61. The number of hydrogen-bond donors (Lipinski definition) is 2. The predicted molar refractivity (Wildman–Crippen MR) is 71.9 cm³/mol. The van der Waals surface area contributed by atoms with Crippen LogP contribution in [0.3, 0.4) is 0 Å². The summed E-state index contributed by atoms with van der Waals surface area (Å²) in [5.41, 5.74) is 8.40. The Balaban J connectivity index is 2.32. The molecule has 0 fully saturated rings. The third-order valence-corrected chi connectivity index (χ3v) is 2.39. The van der Waals surface area contributed by atoms with E-state index in [0.717, 1.165) is 11.1 Å². The molecule has 0 radical (unpaired) electrons. The monoisotopic (exact) mass is 236 g/mol. The van der Waals surface area contributed by atoms with Crippen molar-refractivity contribution in [2.75, 3.05) is 0 Å². The van der Waals surface area contributed by atoms with Gasteiger partial charge in [0, 0.05) is 0 Å². The average molecular weight is 236 g/mol. The molecule has 0 aliphatic heterocycles. The first-order chi connectivity index (χ1) is 8.79. The zero-order chi connectivity index (χ0) is 12.8. The molecule has 0 bridgehead atoms. The molecule has 0 aliphatic rings. The molecule has 2 aromatic carbocycles. The molecule has 0 unspecified atom stereocenters. The minimum atomic E-state index is 0.0858. The standard InChI is InChI=1S/C14H12N4/c15-10-17-14(16)18-13-8-4-7-12(9-13)11-5-2-1-3-6-11/h1-9H,(H3,16,17,18). The summed E-state index contributed by atoms with van der Waals surface area (Å²) in [7, 11) is 0. The summed E-state index contributed by atoms with van der Waals surface area (Å²) in [4.78, 5) is 4.10. The topological polar surface area (TPSA) is 74.2 Å². The molecule has 0 aromatic heterocycles. The molecule has 18 heavy (non-hydrogen) atoms. The van der Waals surface area contributed by atoms with E-state index in [-0.39, 0.29) is 5.96 Å². The summed E-state index contributed by atoms with van der Waals surface area (Å²) in [5, 5.41) is 10.7. The summed E-state index contributed by atoms with van der Waals surface area (Å²) in [6, 6.07) is 17.6. The van der Waals surface area contributed by atoms with Crippen molar-refractivity contribution in [1.82, 2.24) is 5.32 Å². The largest absolute Gasteiger partial charge is 0.369 e. The number of nitriles is 1. The van der Waals surface area contributed by atoms with Gasteiger partial charge in [-0.2, -0.15) is 5.26 Å². The van der Waals surface area contributed by atoms with Crippen LogP contribution in [0.5, 0.6) is 0 Å². The van der Waals surface area contributed by atoms with Crippen molar-refractivity contribution in [3.63, 3.8) is 0 Å². The van der Waals surface area contributed by atoms with Crippen molar-refractivity contribution in [3.8, 4) is 17.3 Å². The number of aliphatic imine (C=N–C) groups is 1. The van der Waals surface area contributed by atoms with E-state index in [2.05, 4.69) is 10.3 Å². The number of benzene rings is 2. The van der Waals surface area contributed by atoms with Gasteiger partial charge in [-0.25, -0.2) is 4.99 Å². The van der Waals surface area contributed by atoms with Crippen molar-refractivity contribution in [3.05, 3.63) is 54.6 Å². The third-order valence-electron chi connectivity index (χ3n) is 2.39. The second-order valence-corrected chi connectivity index (χ2v) is 3.65. The van der Waals surface area contributed by atoms with Crippen LogP contribution in [0.15, 0.2) is 59.6 Å². The van der Waals surface area contributed by atoms with Gasteiger partial charge in [-0.15, -0.1) is 0 Å². The van der Waals surface area contributed by atoms with Crippen LogP contribution in [0, 0.1) is 11.5 Å². The number of nitrogens with one attached hydrogen (secondary N) is 1. The minimum absolute atomic E-state index is 0.0858. The highest BCUT2D eigenvalue weighted by Gasteiger charge is 1.98. The molecule has 0 saturated heterocycles. The summed E-state index contributed by atoms with van der Waals surface area (Å²) in [6.07, 6.45) is 1.73. The second-order valence-electron chi connectivity index (χ2n) is 3.65. The van der Waals surface area contributed by atoms with E-state index in [4.69, 9.17) is 11.0 Å². The highest BCUT2D eigenvalue weighted by Crippen LogP contribution is 2.23. The molecular formula is C14H12N4. The lowest BCUT2D eigenvalue weighted by molar-refractivity contribution is 1.22. The maximum Gasteiger partial charge on any atom is 0.207 e. The van der Waals surface area contributed by atoms with Gasteiger partial charge in [-0.3, -0.25) is 5.32 Å². The summed E-state index contributed by atoms with van der Waals surface area (Å²) in [6.45, 7) is 0. The molecule has 88 valence electrons. The van der Waals surface area contributed by atoms with Crippen LogP contribution in [0.2, 0.25) is 0 Å². The van der Waals surface area contributed by atoms with Gasteiger partial charge >= 0.3 is 0 Å². The molecule has 2 aromatic rings. The van der Waals surface area contributed by atoms with Crippen LogP contribution in [0.4, 0.5) is 5.69 Å². The quantitative estimate of drug-likeness (QED) is 0.364. The Labute approximate surface area is 105 Å². The molecule has 0 aliphatic carbocycles. The van der Waals surface area contributed by atoms with Gasteiger partial charge < -0.3 is 5.73 Å². The number of guanidine groups is 1. The highest BCUT2D eigenvalue weighted by atomic mass is 15.1. The summed E-state index contributed by atoms with van der Waals surface area (Å²) < 4.78 is 0. The van der Waals surface area contributed by atoms with Crippen LogP contribution in [0.25, 0.3) is 11.1 Å². The lowest BCUT2D eigenvalue weighted by Gasteiger charge is -2.03. The molecule has 0 saturated carbocycles. The lowest BCUT2D eigenvalue weighted by atomic mass is 10.1. The maximum absolute atomic E-state index is 8.43. The Hall–Kier alpha value is -2.80. The first kappa shape index (κ1) is 11.7. The number of hydrogen-bond acceptors (Lipinski definition) is 2. The molecule has 4 nitrogen and oxygen atoms in total. The average Bonchev–Trinajstić information content (AvgIpc) is 2.40. The van der Waals surface area contributed by atoms with Crippen LogP contribution in [-0.2, 0) is 0 Å². The molecule has 4 heteroatoms. The Morgan fingerprint density at radius 2 is 1.78 bits per heavy atom. The molecular weight excluding hydrogens is 224 g/mol. The summed E-state index contributed by atoms with van der Waals surface area (Å²) >= 11 is 0. The van der Waals surface area contributed by atoms with Crippen molar-refractivity contribution >= 4 is 11.6 Å². The van der Waals surface area contributed by atoms with Gasteiger partial charge in [0.1, 0.15) is 0 Å². The van der Waals surface area contributed by atoms with Crippen molar-refractivity contribution in [1.29, 1.82) is 5.26 Å². The van der Waals surface area contributed by atoms with Gasteiger partial charge in [-0.05, 0) is 23.3 Å². The van der Waals surface area contributed by atoms with Gasteiger partial charge in [0.15, 0.2) is 6.19 Å². The van der Waals surface area contributed by atoms with E-state index < -0.39 is 0 Å². The highest BCUT2D eigenvalue weighted by molar-refractivity contribution is 5.82. The maximum atomic E-state index is 8.43. The Morgan fingerprint density at radius 3 is 2.50 bits per heavy atom. The molecule has 0 amide bonds. The minimum Gasteiger partial charge on any atom is -0.369 e. The van der Waals surface area contributed by atoms with E-state index in [1.165, 1.54) is 0 Å². The van der Waals surface area contributed by atoms with Gasteiger partial charge in [0.2, 0.25) is 5.96 Å². The number of nitrogens with two attached hydrogens (primary N) is 1. The zero-order valence-corrected chi connectivity index (χ0v) is 9.67. The normalized spacial score (nSPS) is 10.7. The van der Waals surface area contributed by atoms with Gasteiger partial charge in [0.05, 0.1) is 5.69 Å². The molecule has 0 spiro atoms. The third kappa shape index (κ3) is 2.86. The number of rotatable bonds is 2. The predicted octanol–water partition coefficient (Wildman–Crippen LogP) is 2.37. The van der Waals surface area contributed by atoms with E-state index in [0.29, 0.717) is 5.69 Å². The van der Waals surface area contributed by atoms with E-state index in [9.17, 15) is 0 Å². The molecule has 3 N–H and O–H groups in total. The molecule has 0 heterocycles. The first-order valence-corrected chi connectivity index (χ1v) is 5.44. The van der Waals surface area contributed by atoms with Crippen LogP contribution in [0.1, 0.15) is 0 Å². The molecule has 2 rings (SSSR count). The van der Waals surface area contributed by atoms with Crippen LogP contribution in [-0.4, -0.2) is 5.96 Å². The van der Waals surface area contributed by atoms with Gasteiger partial charge in [0.25, 0.3) is 0 Å². The van der Waals surface area contributed by atoms with Crippen LogP contribution >= 0.6 is 0 Å². The fraction of sp³-hybridized carbons (Fsp3) is 0. The first-order valence-electron chi connectivity index (χ1n) is 5.44. The summed E-state index contributed by atoms with van der Waals surface area (Å²) in [5.74, 6) is 0.0858.